The first-order chi connectivity index (χ1) is 16.1. The Labute approximate surface area is 208 Å². The molecule has 0 bridgehead atoms. The van der Waals surface area contributed by atoms with Crippen LogP contribution in [0.4, 0.5) is 0 Å². The Morgan fingerprint density at radius 3 is 2.29 bits per heavy atom. The lowest BCUT2D eigenvalue weighted by Crippen LogP contribution is -2.47. The molecule has 34 heavy (non-hydrogen) atoms. The van der Waals surface area contributed by atoms with E-state index in [-0.39, 0.29) is 35.6 Å². The maximum atomic E-state index is 13.1. The molecule has 1 rings (SSSR count). The molecule has 0 aromatic carbocycles. The molecule has 1 amide bonds. The quantitative estimate of drug-likeness (QED) is 0.0979. The van der Waals surface area contributed by atoms with E-state index in [0.717, 1.165) is 24.6 Å². The molecule has 1 aromatic rings. The van der Waals surface area contributed by atoms with E-state index in [0.29, 0.717) is 11.4 Å². The van der Waals surface area contributed by atoms with Gasteiger partial charge in [-0.25, -0.2) is 9.78 Å². The second-order valence-corrected chi connectivity index (χ2v) is 14.7. The van der Waals surface area contributed by atoms with Crippen LogP contribution in [0.5, 0.6) is 0 Å². The number of nitrogens with one attached hydrogen (secondary N) is 1. The number of carbonyl (C=O) groups excluding carboxylic acids is 2. The van der Waals surface area contributed by atoms with E-state index in [1.54, 1.807) is 5.38 Å². The van der Waals surface area contributed by atoms with E-state index in [2.05, 4.69) is 41.1 Å². The van der Waals surface area contributed by atoms with Crippen LogP contribution >= 0.6 is 11.3 Å². The van der Waals surface area contributed by atoms with E-state index in [1.165, 1.54) is 18.4 Å². The highest BCUT2D eigenvalue weighted by atomic mass is 32.1. The van der Waals surface area contributed by atoms with Crippen LogP contribution in [-0.2, 0) is 14.0 Å². The highest BCUT2D eigenvalue weighted by Gasteiger charge is 2.36. The van der Waals surface area contributed by atoms with Gasteiger partial charge in [-0.05, 0) is 41.9 Å². The van der Waals surface area contributed by atoms with Gasteiger partial charge in [-0.15, -0.1) is 11.3 Å². The maximum Gasteiger partial charge on any atom is 0.357 e. The summed E-state index contributed by atoms with van der Waals surface area (Å²) in [5.41, 5.74) is 9.22. The summed E-state index contributed by atoms with van der Waals surface area (Å²) in [6.45, 7) is 14.4. The minimum absolute atomic E-state index is 0.0716. The number of azide groups is 1. The van der Waals surface area contributed by atoms with E-state index in [1.807, 2.05) is 27.7 Å². The molecule has 9 nitrogen and oxygen atoms in total. The molecule has 4 atom stereocenters. The molecule has 0 aliphatic rings. The van der Waals surface area contributed by atoms with Crippen LogP contribution in [0.2, 0.25) is 18.1 Å². The molecular weight excluding hydrogens is 470 g/mol. The fraction of sp³-hybridized carbons (Fsp3) is 0.783. The summed E-state index contributed by atoms with van der Waals surface area (Å²) in [5.74, 6) is -0.716. The van der Waals surface area contributed by atoms with Crippen molar-refractivity contribution in [3.8, 4) is 0 Å². The Balaban J connectivity index is 3.30. The molecule has 192 valence electrons. The van der Waals surface area contributed by atoms with Crippen molar-refractivity contribution in [1.29, 1.82) is 0 Å². The minimum atomic E-state index is -2.02. The van der Waals surface area contributed by atoms with E-state index in [4.69, 9.17) is 14.7 Å². The van der Waals surface area contributed by atoms with E-state index < -0.39 is 20.3 Å². The molecule has 1 N–H and O–H groups in total. The monoisotopic (exact) mass is 511 g/mol. The number of thiazole rings is 1. The summed E-state index contributed by atoms with van der Waals surface area (Å²) < 4.78 is 11.7. The molecule has 1 aromatic heterocycles. The van der Waals surface area contributed by atoms with Gasteiger partial charge in [0.2, 0.25) is 5.91 Å². The first-order valence-corrected chi connectivity index (χ1v) is 15.6. The summed E-state index contributed by atoms with van der Waals surface area (Å²) in [6, 6.07) is 1.92. The summed E-state index contributed by atoms with van der Waals surface area (Å²) in [5, 5.41) is 9.27. The van der Waals surface area contributed by atoms with Crippen LogP contribution in [0.1, 0.15) is 82.9 Å². The topological polar surface area (TPSA) is 126 Å². The Morgan fingerprint density at radius 1 is 1.21 bits per heavy atom. The van der Waals surface area contributed by atoms with Crippen LogP contribution in [0.25, 0.3) is 10.4 Å². The number of carbonyl (C=O) groups is 2. The average molecular weight is 512 g/mol. The number of nitrogens with zero attached hydrogens (tertiary/aromatic N) is 4. The second-order valence-electron chi connectivity index (χ2n) is 9.04. The Morgan fingerprint density at radius 2 is 1.82 bits per heavy atom. The molecular formula is C23H41N5O4SSi. The first-order valence-electron chi connectivity index (χ1n) is 12.2. The van der Waals surface area contributed by atoms with Crippen LogP contribution in [0, 0.1) is 11.8 Å². The molecule has 0 saturated carbocycles. The third kappa shape index (κ3) is 8.08. The number of hydrogen-bond acceptors (Lipinski definition) is 7. The lowest BCUT2D eigenvalue weighted by atomic mass is 9.95. The van der Waals surface area contributed by atoms with Gasteiger partial charge in [-0.1, -0.05) is 60.0 Å². The van der Waals surface area contributed by atoms with Crippen molar-refractivity contribution < 1.29 is 18.8 Å². The Bertz CT molecular complexity index is 831. The molecule has 1 heterocycles. The number of hydrogen-bond donors (Lipinski definition) is 1. The summed E-state index contributed by atoms with van der Waals surface area (Å²) in [6.07, 6.45) is 0.877. The van der Waals surface area contributed by atoms with Gasteiger partial charge in [0.05, 0.1) is 13.2 Å². The summed E-state index contributed by atoms with van der Waals surface area (Å²) >= 11 is 1.38. The summed E-state index contributed by atoms with van der Waals surface area (Å²) in [7, 11) is -0.684. The zero-order chi connectivity index (χ0) is 25.9. The van der Waals surface area contributed by atoms with Gasteiger partial charge in [-0.3, -0.25) is 4.79 Å². The van der Waals surface area contributed by atoms with E-state index in [9.17, 15) is 9.59 Å². The van der Waals surface area contributed by atoms with Gasteiger partial charge in [0.1, 0.15) is 11.0 Å². The van der Waals surface area contributed by atoms with Crippen LogP contribution in [0.3, 0.4) is 0 Å². The highest BCUT2D eigenvalue weighted by Crippen LogP contribution is 2.35. The van der Waals surface area contributed by atoms with Crippen molar-refractivity contribution >= 4 is 31.5 Å². The number of rotatable bonds is 15. The maximum absolute atomic E-state index is 13.1. The fourth-order valence-corrected chi connectivity index (χ4v) is 7.56. The largest absolute Gasteiger partial charge is 0.464 e. The average Bonchev–Trinajstić information content (AvgIpc) is 3.33. The molecule has 0 radical (unpaired) electrons. The molecule has 0 aliphatic heterocycles. The minimum Gasteiger partial charge on any atom is -0.464 e. The van der Waals surface area contributed by atoms with Gasteiger partial charge >= 0.3 is 5.97 Å². The molecule has 0 fully saturated rings. The van der Waals surface area contributed by atoms with Crippen molar-refractivity contribution in [2.24, 2.45) is 17.0 Å². The number of esters is 1. The van der Waals surface area contributed by atoms with Crippen molar-refractivity contribution in [3.63, 3.8) is 0 Å². The number of aromatic nitrogens is 1. The lowest BCUT2D eigenvalue weighted by Gasteiger charge is -2.35. The predicted octanol–water partition coefficient (Wildman–Crippen LogP) is 6.25. The molecule has 0 spiro atoms. The number of methoxy groups -OCH3 is 1. The summed E-state index contributed by atoms with van der Waals surface area (Å²) in [4.78, 5) is 32.5. The number of amides is 1. The standard InChI is InChI=1S/C23H41N5O4SSi/c1-9-16(7)20(27-28-24)21(29)25-17(15(5)6)13-19(32-34(10-2,11-3)12-4)22-26-18(14-33-22)23(30)31-8/h14-17,19-20H,9-13H2,1-8H3,(H,25,29)/t16-,17+,19+,20+/m0/s1. The predicted molar refractivity (Wildman–Crippen MR) is 138 cm³/mol. The van der Waals surface area contributed by atoms with Crippen molar-refractivity contribution in [1.82, 2.24) is 10.3 Å². The normalized spacial score (nSPS) is 15.2. The lowest BCUT2D eigenvalue weighted by molar-refractivity contribution is -0.124. The SMILES string of the molecule is CC[C@H](C)[C@@H](N=[N+]=[N-])C(=O)N[C@H](C[C@@H](O[Si](CC)(CC)CC)c1nc(C(=O)OC)cs1)C(C)C. The number of ether oxygens (including phenoxy) is 1. The van der Waals surface area contributed by atoms with Crippen molar-refractivity contribution in [2.75, 3.05) is 7.11 Å². The third-order valence-electron chi connectivity index (χ3n) is 6.75. The zero-order valence-electron chi connectivity index (χ0n) is 21.8. The molecule has 0 saturated heterocycles. The third-order valence-corrected chi connectivity index (χ3v) is 12.3. The highest BCUT2D eigenvalue weighted by molar-refractivity contribution is 7.09. The van der Waals surface area contributed by atoms with Crippen LogP contribution < -0.4 is 5.32 Å². The smallest absolute Gasteiger partial charge is 0.357 e. The second kappa shape index (κ2) is 14.5. The Hall–Kier alpha value is -1.94. The first kappa shape index (κ1) is 30.1. The van der Waals surface area contributed by atoms with Crippen LogP contribution in [-0.4, -0.2) is 44.4 Å². The van der Waals surface area contributed by atoms with Gasteiger partial charge < -0.3 is 14.5 Å². The van der Waals surface area contributed by atoms with Gasteiger partial charge in [0, 0.05) is 16.3 Å². The van der Waals surface area contributed by atoms with Gasteiger partial charge in [0.25, 0.3) is 0 Å². The van der Waals surface area contributed by atoms with Crippen molar-refractivity contribution in [3.05, 3.63) is 26.5 Å². The fourth-order valence-electron chi connectivity index (χ4n) is 3.83. The van der Waals surface area contributed by atoms with Crippen LogP contribution in [0.15, 0.2) is 10.5 Å². The van der Waals surface area contributed by atoms with Gasteiger partial charge in [-0.2, -0.15) is 0 Å². The van der Waals surface area contributed by atoms with Gasteiger partial charge in [0.15, 0.2) is 14.0 Å². The zero-order valence-corrected chi connectivity index (χ0v) is 23.6. The van der Waals surface area contributed by atoms with Crippen molar-refractivity contribution in [2.45, 2.75) is 97.6 Å². The van der Waals surface area contributed by atoms with E-state index >= 15 is 0 Å². The molecule has 0 aliphatic carbocycles. The molecule has 0 unspecified atom stereocenters. The Kier molecular flexibility index (Phi) is 12.8. The molecule has 11 heteroatoms.